The quantitative estimate of drug-likeness (QED) is 0.722. The van der Waals surface area contributed by atoms with Crippen molar-refractivity contribution in [3.8, 4) is 11.1 Å². The molecule has 9 heteroatoms. The van der Waals surface area contributed by atoms with E-state index in [9.17, 15) is 18.0 Å². The molecular formula is C18H18F3N5O. The van der Waals surface area contributed by atoms with Gasteiger partial charge >= 0.3 is 6.18 Å². The lowest BCUT2D eigenvalue weighted by Gasteiger charge is -2.11. The number of aromatic nitrogens is 3. The Morgan fingerprint density at radius 2 is 2.04 bits per heavy atom. The Morgan fingerprint density at radius 3 is 2.67 bits per heavy atom. The number of nitrogen functional groups attached to an aromatic ring is 1. The van der Waals surface area contributed by atoms with Crippen LogP contribution in [-0.4, -0.2) is 20.3 Å². The van der Waals surface area contributed by atoms with Gasteiger partial charge in [-0.1, -0.05) is 13.3 Å². The Labute approximate surface area is 153 Å². The molecule has 0 saturated carbocycles. The Balaban J connectivity index is 2.14. The molecule has 0 spiro atoms. The van der Waals surface area contributed by atoms with Crippen molar-refractivity contribution >= 4 is 23.2 Å². The minimum Gasteiger partial charge on any atom is -0.383 e. The minimum absolute atomic E-state index is 0.242. The van der Waals surface area contributed by atoms with Gasteiger partial charge in [0, 0.05) is 30.4 Å². The van der Waals surface area contributed by atoms with Crippen LogP contribution in [0.1, 0.15) is 31.5 Å². The average Bonchev–Trinajstić information content (AvgIpc) is 2.91. The first-order chi connectivity index (χ1) is 12.7. The van der Waals surface area contributed by atoms with Gasteiger partial charge in [0.15, 0.2) is 5.82 Å². The molecule has 6 nitrogen and oxygen atoms in total. The number of imidazole rings is 1. The number of alkyl halides is 3. The Bertz CT molecular complexity index is 1010. The van der Waals surface area contributed by atoms with Gasteiger partial charge in [0.2, 0.25) is 5.91 Å². The molecule has 0 bridgehead atoms. The van der Waals surface area contributed by atoms with E-state index < -0.39 is 17.6 Å². The highest BCUT2D eigenvalue weighted by Crippen LogP contribution is 2.35. The Morgan fingerprint density at radius 1 is 1.30 bits per heavy atom. The monoisotopic (exact) mass is 377 g/mol. The second kappa shape index (κ2) is 6.90. The van der Waals surface area contributed by atoms with Gasteiger partial charge in [-0.15, -0.1) is 0 Å². The Hall–Kier alpha value is -3.10. The van der Waals surface area contributed by atoms with Crippen molar-refractivity contribution in [3.63, 3.8) is 0 Å². The molecule has 0 unspecified atom stereocenters. The van der Waals surface area contributed by atoms with Crippen molar-refractivity contribution in [1.82, 2.24) is 14.4 Å². The van der Waals surface area contributed by atoms with Crippen LogP contribution in [0, 0.1) is 0 Å². The van der Waals surface area contributed by atoms with Gasteiger partial charge in [-0.05, 0) is 24.6 Å². The van der Waals surface area contributed by atoms with E-state index in [0.29, 0.717) is 23.4 Å². The van der Waals surface area contributed by atoms with E-state index in [0.717, 1.165) is 18.2 Å². The highest BCUT2D eigenvalue weighted by Gasteiger charge is 2.34. The van der Waals surface area contributed by atoms with Crippen LogP contribution in [0.25, 0.3) is 16.8 Å². The van der Waals surface area contributed by atoms with Crippen LogP contribution in [0.5, 0.6) is 0 Å². The van der Waals surface area contributed by atoms with Crippen molar-refractivity contribution in [3.05, 3.63) is 41.9 Å². The number of carbonyl (C=O) groups excluding carboxylic acids is 1. The first-order valence-corrected chi connectivity index (χ1v) is 8.32. The van der Waals surface area contributed by atoms with Gasteiger partial charge in [-0.25, -0.2) is 9.97 Å². The van der Waals surface area contributed by atoms with E-state index in [4.69, 9.17) is 5.73 Å². The molecule has 27 heavy (non-hydrogen) atoms. The van der Waals surface area contributed by atoms with E-state index in [1.165, 1.54) is 13.1 Å². The molecule has 3 N–H and O–H groups in total. The first kappa shape index (κ1) is 18.7. The van der Waals surface area contributed by atoms with E-state index in [-0.39, 0.29) is 11.5 Å². The molecule has 0 aliphatic carbocycles. The number of pyridine rings is 2. The summed E-state index contributed by atoms with van der Waals surface area (Å²) in [6.45, 7) is 3.38. The summed E-state index contributed by atoms with van der Waals surface area (Å²) < 4.78 is 41.1. The van der Waals surface area contributed by atoms with Crippen molar-refractivity contribution in [2.45, 2.75) is 32.9 Å². The number of amides is 1. The first-order valence-electron chi connectivity index (χ1n) is 8.32. The van der Waals surface area contributed by atoms with Crippen molar-refractivity contribution in [1.29, 1.82) is 0 Å². The molecule has 3 heterocycles. The second-order valence-electron chi connectivity index (χ2n) is 6.14. The smallest absolute Gasteiger partial charge is 0.383 e. The molecule has 0 aliphatic heterocycles. The predicted molar refractivity (Wildman–Crippen MR) is 96.1 cm³/mol. The third-order valence-electron chi connectivity index (χ3n) is 4.06. The lowest BCUT2D eigenvalue weighted by molar-refractivity contribution is -0.137. The molecule has 0 aromatic carbocycles. The summed E-state index contributed by atoms with van der Waals surface area (Å²) in [4.78, 5) is 19.5. The third kappa shape index (κ3) is 3.71. The van der Waals surface area contributed by atoms with Gasteiger partial charge in [-0.2, -0.15) is 13.2 Å². The zero-order valence-corrected chi connectivity index (χ0v) is 14.8. The molecule has 3 aromatic rings. The van der Waals surface area contributed by atoms with Crippen LogP contribution in [0.4, 0.5) is 24.8 Å². The summed E-state index contributed by atoms with van der Waals surface area (Å²) in [7, 11) is 0. The Kier molecular flexibility index (Phi) is 4.77. The summed E-state index contributed by atoms with van der Waals surface area (Å²) in [5.74, 6) is -0.351. The number of aryl methyl sites for hydroxylation is 1. The molecular weight excluding hydrogens is 359 g/mol. The number of nitrogens with zero attached hydrogens (tertiary/aromatic N) is 3. The maximum Gasteiger partial charge on any atom is 0.419 e. The lowest BCUT2D eigenvalue weighted by atomic mass is 10.1. The minimum atomic E-state index is -4.59. The maximum atomic E-state index is 13.1. The second-order valence-corrected chi connectivity index (χ2v) is 6.14. The molecule has 142 valence electrons. The molecule has 0 saturated heterocycles. The fraction of sp³-hybridized carbons (Fsp3) is 0.278. The largest absolute Gasteiger partial charge is 0.419 e. The SMILES string of the molecule is CCCc1c(NC(C)=O)nc2ccc(-c3cnc(N)c(C(F)(F)F)c3)cn12. The van der Waals surface area contributed by atoms with Crippen LogP contribution >= 0.6 is 0 Å². The van der Waals surface area contributed by atoms with E-state index in [2.05, 4.69) is 15.3 Å². The molecule has 1 amide bonds. The summed E-state index contributed by atoms with van der Waals surface area (Å²) in [5, 5.41) is 2.69. The number of nitrogens with one attached hydrogen (secondary N) is 1. The number of fused-ring (bicyclic) bond motifs is 1. The number of hydrogen-bond donors (Lipinski definition) is 2. The van der Waals surface area contributed by atoms with Crippen LogP contribution in [0.2, 0.25) is 0 Å². The summed E-state index contributed by atoms with van der Waals surface area (Å²) in [6.07, 6.45) is -0.138. The molecule has 0 fully saturated rings. The fourth-order valence-corrected chi connectivity index (χ4v) is 2.87. The normalized spacial score (nSPS) is 11.7. The topological polar surface area (TPSA) is 85.3 Å². The average molecular weight is 377 g/mol. The zero-order chi connectivity index (χ0) is 19.8. The van der Waals surface area contributed by atoms with Crippen LogP contribution < -0.4 is 11.1 Å². The van der Waals surface area contributed by atoms with Crippen LogP contribution in [-0.2, 0) is 17.4 Å². The number of anilines is 2. The van der Waals surface area contributed by atoms with Crippen molar-refractivity contribution < 1.29 is 18.0 Å². The highest BCUT2D eigenvalue weighted by molar-refractivity contribution is 5.88. The van der Waals surface area contributed by atoms with Gasteiger partial charge in [0.05, 0.1) is 11.3 Å². The predicted octanol–water partition coefficient (Wildman–Crippen LogP) is 3.91. The van der Waals surface area contributed by atoms with Gasteiger partial charge in [0.1, 0.15) is 11.5 Å². The fourth-order valence-electron chi connectivity index (χ4n) is 2.87. The standard InChI is InChI=1S/C18H18F3N5O/c1-3-4-14-17(24-10(2)27)25-15-6-5-11(9-26(14)15)12-7-13(18(19,20)21)16(22)23-8-12/h5-9H,3-4H2,1-2H3,(H2,22,23)(H,24,27). The summed E-state index contributed by atoms with van der Waals surface area (Å²) in [6, 6.07) is 4.32. The highest BCUT2D eigenvalue weighted by atomic mass is 19.4. The van der Waals surface area contributed by atoms with Gasteiger partial charge < -0.3 is 15.5 Å². The summed E-state index contributed by atoms with van der Waals surface area (Å²) >= 11 is 0. The summed E-state index contributed by atoms with van der Waals surface area (Å²) in [5.41, 5.74) is 6.59. The molecule has 3 rings (SSSR count). The van der Waals surface area contributed by atoms with E-state index >= 15 is 0 Å². The van der Waals surface area contributed by atoms with E-state index in [1.807, 2.05) is 6.92 Å². The lowest BCUT2D eigenvalue weighted by Crippen LogP contribution is -2.10. The molecule has 0 atom stereocenters. The molecule has 0 aliphatic rings. The van der Waals surface area contributed by atoms with Crippen molar-refractivity contribution in [2.24, 2.45) is 0 Å². The number of halogens is 3. The molecule has 3 aromatic heterocycles. The van der Waals surface area contributed by atoms with E-state index in [1.54, 1.807) is 22.7 Å². The number of carbonyl (C=O) groups is 1. The number of rotatable bonds is 4. The van der Waals surface area contributed by atoms with Crippen LogP contribution in [0.3, 0.4) is 0 Å². The van der Waals surface area contributed by atoms with Gasteiger partial charge in [0.25, 0.3) is 0 Å². The van der Waals surface area contributed by atoms with Crippen LogP contribution in [0.15, 0.2) is 30.6 Å². The maximum absolute atomic E-state index is 13.1. The number of nitrogens with two attached hydrogens (primary N) is 1. The third-order valence-corrected chi connectivity index (χ3v) is 4.06. The number of hydrogen-bond acceptors (Lipinski definition) is 4. The van der Waals surface area contributed by atoms with Gasteiger partial charge in [-0.3, -0.25) is 4.79 Å². The molecule has 0 radical (unpaired) electrons. The zero-order valence-electron chi connectivity index (χ0n) is 14.8. The van der Waals surface area contributed by atoms with Crippen molar-refractivity contribution in [2.75, 3.05) is 11.1 Å².